The van der Waals surface area contributed by atoms with E-state index in [4.69, 9.17) is 0 Å². The van der Waals surface area contributed by atoms with E-state index in [1.54, 1.807) is 16.7 Å². The number of thioether (sulfide) groups is 1. The van der Waals surface area contributed by atoms with Crippen molar-refractivity contribution in [1.29, 1.82) is 0 Å². The molecule has 2 rings (SSSR count). The molecule has 1 N–H and O–H groups in total. The Balaban J connectivity index is 2.12. The van der Waals surface area contributed by atoms with Crippen LogP contribution in [0.5, 0.6) is 0 Å². The van der Waals surface area contributed by atoms with Gasteiger partial charge in [-0.3, -0.25) is 4.79 Å². The third-order valence-electron chi connectivity index (χ3n) is 3.40. The molecule has 1 aromatic carbocycles. The fourth-order valence-electron chi connectivity index (χ4n) is 2.42. The first-order valence-electron chi connectivity index (χ1n) is 6.83. The van der Waals surface area contributed by atoms with Crippen molar-refractivity contribution >= 4 is 23.6 Å². The van der Waals surface area contributed by atoms with Crippen molar-refractivity contribution in [2.24, 2.45) is 0 Å². The normalized spacial score (nSPS) is 21.9. The van der Waals surface area contributed by atoms with Crippen molar-refractivity contribution in [2.45, 2.75) is 37.6 Å². The number of hydrogen-bond donors (Lipinski definition) is 1. The van der Waals surface area contributed by atoms with Gasteiger partial charge in [0.2, 0.25) is 5.91 Å². The SMILES string of the molecule is CCCC1SCC(C(=O)O)N1C(=O)Cc1ccccc1. The summed E-state index contributed by atoms with van der Waals surface area (Å²) >= 11 is 1.57. The molecule has 1 aromatic rings. The van der Waals surface area contributed by atoms with Crippen molar-refractivity contribution < 1.29 is 14.7 Å². The predicted octanol–water partition coefficient (Wildman–Crippen LogP) is 2.38. The molecule has 1 heterocycles. The van der Waals surface area contributed by atoms with Gasteiger partial charge in [-0.05, 0) is 12.0 Å². The zero-order valence-corrected chi connectivity index (χ0v) is 12.3. The largest absolute Gasteiger partial charge is 0.480 e. The zero-order chi connectivity index (χ0) is 14.5. The maximum atomic E-state index is 12.5. The van der Waals surface area contributed by atoms with Gasteiger partial charge in [0.25, 0.3) is 0 Å². The van der Waals surface area contributed by atoms with Gasteiger partial charge in [0.1, 0.15) is 6.04 Å². The molecule has 1 amide bonds. The van der Waals surface area contributed by atoms with E-state index in [0.717, 1.165) is 18.4 Å². The molecule has 20 heavy (non-hydrogen) atoms. The maximum Gasteiger partial charge on any atom is 0.327 e. The summed E-state index contributed by atoms with van der Waals surface area (Å²) in [6, 6.07) is 8.78. The molecule has 0 aliphatic carbocycles. The summed E-state index contributed by atoms with van der Waals surface area (Å²) in [5.74, 6) is -0.509. The molecule has 0 saturated carbocycles. The van der Waals surface area contributed by atoms with Crippen LogP contribution in [0.1, 0.15) is 25.3 Å². The van der Waals surface area contributed by atoms with Crippen LogP contribution in [0.15, 0.2) is 30.3 Å². The van der Waals surface area contributed by atoms with Crippen LogP contribution in [-0.4, -0.2) is 39.1 Å². The highest BCUT2D eigenvalue weighted by atomic mass is 32.2. The molecule has 108 valence electrons. The van der Waals surface area contributed by atoms with Crippen molar-refractivity contribution in [1.82, 2.24) is 4.90 Å². The summed E-state index contributed by atoms with van der Waals surface area (Å²) in [7, 11) is 0. The third kappa shape index (κ3) is 3.33. The fraction of sp³-hybridized carbons (Fsp3) is 0.467. The number of amides is 1. The van der Waals surface area contributed by atoms with Gasteiger partial charge in [-0.1, -0.05) is 43.7 Å². The quantitative estimate of drug-likeness (QED) is 0.905. The molecule has 0 radical (unpaired) electrons. The summed E-state index contributed by atoms with van der Waals surface area (Å²) in [5, 5.41) is 9.27. The number of rotatable bonds is 5. The minimum absolute atomic E-state index is 0.00249. The Labute approximate surface area is 123 Å². The second-order valence-corrected chi connectivity index (χ2v) is 6.10. The maximum absolute atomic E-state index is 12.5. The van der Waals surface area contributed by atoms with Crippen LogP contribution < -0.4 is 0 Å². The molecular formula is C15H19NO3S. The van der Waals surface area contributed by atoms with E-state index in [0.29, 0.717) is 5.75 Å². The fourth-order valence-corrected chi connectivity index (χ4v) is 3.95. The number of carbonyl (C=O) groups is 2. The molecule has 2 unspecified atom stereocenters. The van der Waals surface area contributed by atoms with Gasteiger partial charge in [-0.2, -0.15) is 0 Å². The monoisotopic (exact) mass is 293 g/mol. The molecule has 1 fully saturated rings. The highest BCUT2D eigenvalue weighted by Crippen LogP contribution is 2.32. The second-order valence-electron chi connectivity index (χ2n) is 4.89. The summed E-state index contributed by atoms with van der Waals surface area (Å²) in [6.07, 6.45) is 2.06. The molecule has 0 spiro atoms. The summed E-state index contributed by atoms with van der Waals surface area (Å²) < 4.78 is 0. The Hall–Kier alpha value is -1.49. The molecule has 5 heteroatoms. The van der Waals surface area contributed by atoms with Gasteiger partial charge in [-0.25, -0.2) is 4.79 Å². The van der Waals surface area contributed by atoms with Crippen LogP contribution in [-0.2, 0) is 16.0 Å². The average Bonchev–Trinajstić information content (AvgIpc) is 2.84. The predicted molar refractivity (Wildman–Crippen MR) is 79.6 cm³/mol. The third-order valence-corrected chi connectivity index (χ3v) is 4.76. The number of aliphatic carboxylic acids is 1. The summed E-state index contributed by atoms with van der Waals surface area (Å²) in [4.78, 5) is 25.3. The minimum atomic E-state index is -0.905. The minimum Gasteiger partial charge on any atom is -0.480 e. The Morgan fingerprint density at radius 1 is 1.35 bits per heavy atom. The molecule has 4 nitrogen and oxygen atoms in total. The smallest absolute Gasteiger partial charge is 0.327 e. The molecular weight excluding hydrogens is 274 g/mol. The summed E-state index contributed by atoms with van der Waals surface area (Å²) in [5.41, 5.74) is 0.925. The topological polar surface area (TPSA) is 57.6 Å². The molecule has 0 aromatic heterocycles. The second kappa shape index (κ2) is 6.79. The average molecular weight is 293 g/mol. The Bertz CT molecular complexity index is 477. The molecule has 1 saturated heterocycles. The number of carboxylic acid groups (broad SMARTS) is 1. The van der Waals surface area contributed by atoms with Gasteiger partial charge >= 0.3 is 5.97 Å². The van der Waals surface area contributed by atoms with Crippen molar-refractivity contribution in [2.75, 3.05) is 5.75 Å². The van der Waals surface area contributed by atoms with Crippen molar-refractivity contribution in [3.05, 3.63) is 35.9 Å². The lowest BCUT2D eigenvalue weighted by atomic mass is 10.1. The molecule has 2 atom stereocenters. The van der Waals surface area contributed by atoms with Crippen molar-refractivity contribution in [3.8, 4) is 0 Å². The van der Waals surface area contributed by atoms with E-state index in [9.17, 15) is 14.7 Å². The zero-order valence-electron chi connectivity index (χ0n) is 11.5. The van der Waals surface area contributed by atoms with Gasteiger partial charge in [-0.15, -0.1) is 11.8 Å². The highest BCUT2D eigenvalue weighted by molar-refractivity contribution is 8.00. The van der Waals surface area contributed by atoms with Crippen LogP contribution >= 0.6 is 11.8 Å². The first kappa shape index (κ1) is 14.9. The van der Waals surface area contributed by atoms with Crippen LogP contribution in [0.25, 0.3) is 0 Å². The lowest BCUT2D eigenvalue weighted by Gasteiger charge is -2.27. The van der Waals surface area contributed by atoms with E-state index in [1.165, 1.54) is 0 Å². The van der Waals surface area contributed by atoms with E-state index < -0.39 is 12.0 Å². The summed E-state index contributed by atoms with van der Waals surface area (Å²) in [6.45, 7) is 2.05. The number of nitrogens with zero attached hydrogens (tertiary/aromatic N) is 1. The number of carbonyl (C=O) groups excluding carboxylic acids is 1. The van der Waals surface area contributed by atoms with Gasteiger partial charge in [0.15, 0.2) is 0 Å². The van der Waals surface area contributed by atoms with Crippen LogP contribution in [0.4, 0.5) is 0 Å². The highest BCUT2D eigenvalue weighted by Gasteiger charge is 2.40. The van der Waals surface area contributed by atoms with Crippen LogP contribution in [0, 0.1) is 0 Å². The van der Waals surface area contributed by atoms with Crippen molar-refractivity contribution in [3.63, 3.8) is 0 Å². The van der Waals surface area contributed by atoms with E-state index in [2.05, 4.69) is 6.92 Å². The van der Waals surface area contributed by atoms with E-state index >= 15 is 0 Å². The van der Waals surface area contributed by atoms with Crippen LogP contribution in [0.3, 0.4) is 0 Å². The Kier molecular flexibility index (Phi) is 5.06. The first-order chi connectivity index (χ1) is 9.63. The first-order valence-corrected chi connectivity index (χ1v) is 7.88. The Morgan fingerprint density at radius 2 is 2.05 bits per heavy atom. The standard InChI is InChI=1S/C15H19NO3S/c1-2-6-14-16(12(10-20-14)15(18)19)13(17)9-11-7-4-3-5-8-11/h3-5,7-8,12,14H,2,6,9-10H2,1H3,(H,18,19). The van der Waals surface area contributed by atoms with E-state index in [1.807, 2.05) is 30.3 Å². The molecule has 1 aliphatic heterocycles. The molecule has 0 bridgehead atoms. The van der Waals surface area contributed by atoms with Gasteiger partial charge < -0.3 is 10.0 Å². The number of benzene rings is 1. The molecule has 1 aliphatic rings. The Morgan fingerprint density at radius 3 is 2.65 bits per heavy atom. The number of carboxylic acids is 1. The van der Waals surface area contributed by atoms with E-state index in [-0.39, 0.29) is 17.7 Å². The lowest BCUT2D eigenvalue weighted by molar-refractivity contribution is -0.148. The van der Waals surface area contributed by atoms with Gasteiger partial charge in [0, 0.05) is 5.75 Å². The lowest BCUT2D eigenvalue weighted by Crippen LogP contribution is -2.46. The number of hydrogen-bond acceptors (Lipinski definition) is 3. The van der Waals surface area contributed by atoms with Gasteiger partial charge in [0.05, 0.1) is 11.8 Å². The van der Waals surface area contributed by atoms with Crippen LogP contribution in [0.2, 0.25) is 0 Å².